The van der Waals surface area contributed by atoms with Crippen LogP contribution in [0.25, 0.3) is 6.08 Å². The number of hydrogen-bond acceptors (Lipinski definition) is 2. The van der Waals surface area contributed by atoms with Crippen LogP contribution in [0, 0.1) is 0 Å². The normalized spacial score (nSPS) is 14.6. The van der Waals surface area contributed by atoms with Crippen molar-refractivity contribution in [3.05, 3.63) is 23.5 Å². The fourth-order valence-electron chi connectivity index (χ4n) is 1.01. The van der Waals surface area contributed by atoms with E-state index in [2.05, 4.69) is 5.10 Å². The number of rotatable bonds is 3. The Kier molecular flexibility index (Phi) is 3.25. The van der Waals surface area contributed by atoms with Gasteiger partial charge in [0.05, 0.1) is 12.3 Å². The molecule has 0 aliphatic rings. The number of aromatic nitrogens is 2. The van der Waals surface area contributed by atoms with Gasteiger partial charge in [-0.25, -0.2) is 0 Å². The van der Waals surface area contributed by atoms with E-state index in [0.29, 0.717) is 0 Å². The lowest BCUT2D eigenvalue weighted by Crippen LogP contribution is -1.99. The Labute approximate surface area is 78.7 Å². The van der Waals surface area contributed by atoms with E-state index in [1.807, 2.05) is 30.8 Å². The molecule has 0 aliphatic heterocycles. The molecule has 1 N–H and O–H groups in total. The standard InChI is InChI=1S/C10H16N2O/c1-4-12-7-10(6-11-12)5-8(2)9(3)13/h5-7,9,13H,4H2,1-3H3/b8-5-. The zero-order chi connectivity index (χ0) is 9.84. The van der Waals surface area contributed by atoms with Crippen molar-refractivity contribution in [2.75, 3.05) is 0 Å². The van der Waals surface area contributed by atoms with Gasteiger partial charge in [0.15, 0.2) is 0 Å². The van der Waals surface area contributed by atoms with Gasteiger partial charge in [-0.1, -0.05) is 6.08 Å². The maximum Gasteiger partial charge on any atom is 0.0722 e. The largest absolute Gasteiger partial charge is 0.389 e. The quantitative estimate of drug-likeness (QED) is 0.768. The average Bonchev–Trinajstić information content (AvgIpc) is 2.52. The summed E-state index contributed by atoms with van der Waals surface area (Å²) in [5, 5.41) is 13.4. The smallest absolute Gasteiger partial charge is 0.0722 e. The first-order valence-corrected chi connectivity index (χ1v) is 4.52. The lowest BCUT2D eigenvalue weighted by Gasteiger charge is -2.01. The second-order valence-electron chi connectivity index (χ2n) is 3.19. The Morgan fingerprint density at radius 1 is 1.77 bits per heavy atom. The summed E-state index contributed by atoms with van der Waals surface area (Å²) in [4.78, 5) is 0. The van der Waals surface area contributed by atoms with Crippen LogP contribution < -0.4 is 0 Å². The van der Waals surface area contributed by atoms with E-state index in [-0.39, 0.29) is 6.10 Å². The first kappa shape index (κ1) is 9.99. The summed E-state index contributed by atoms with van der Waals surface area (Å²) in [6.45, 7) is 6.59. The molecule has 0 bridgehead atoms. The van der Waals surface area contributed by atoms with E-state index >= 15 is 0 Å². The highest BCUT2D eigenvalue weighted by Crippen LogP contribution is 2.08. The first-order valence-electron chi connectivity index (χ1n) is 4.52. The number of aryl methyl sites for hydroxylation is 1. The molecular weight excluding hydrogens is 164 g/mol. The van der Waals surface area contributed by atoms with E-state index in [1.54, 1.807) is 13.1 Å². The van der Waals surface area contributed by atoms with Crippen LogP contribution in [0.4, 0.5) is 0 Å². The minimum absolute atomic E-state index is 0.384. The van der Waals surface area contributed by atoms with Crippen molar-refractivity contribution in [3.63, 3.8) is 0 Å². The Bertz CT molecular complexity index is 300. The van der Waals surface area contributed by atoms with Crippen molar-refractivity contribution in [2.24, 2.45) is 0 Å². The van der Waals surface area contributed by atoms with Gasteiger partial charge in [-0.05, 0) is 26.3 Å². The third-order valence-electron chi connectivity index (χ3n) is 2.03. The van der Waals surface area contributed by atoms with E-state index in [9.17, 15) is 5.11 Å². The summed E-state index contributed by atoms with van der Waals surface area (Å²) in [5.41, 5.74) is 2.00. The third-order valence-corrected chi connectivity index (χ3v) is 2.03. The molecule has 1 atom stereocenters. The molecule has 0 spiro atoms. The van der Waals surface area contributed by atoms with Crippen LogP contribution in [0.3, 0.4) is 0 Å². The minimum atomic E-state index is -0.384. The van der Waals surface area contributed by atoms with Gasteiger partial charge in [0.2, 0.25) is 0 Å². The fraction of sp³-hybridized carbons (Fsp3) is 0.500. The zero-order valence-corrected chi connectivity index (χ0v) is 8.36. The molecule has 13 heavy (non-hydrogen) atoms. The van der Waals surface area contributed by atoms with Gasteiger partial charge >= 0.3 is 0 Å². The highest BCUT2D eigenvalue weighted by Gasteiger charge is 1.99. The number of nitrogens with zero attached hydrogens (tertiary/aromatic N) is 2. The summed E-state index contributed by atoms with van der Waals surface area (Å²) < 4.78 is 1.86. The highest BCUT2D eigenvalue weighted by atomic mass is 16.3. The third kappa shape index (κ3) is 2.70. The fourth-order valence-corrected chi connectivity index (χ4v) is 1.01. The summed E-state index contributed by atoms with van der Waals surface area (Å²) in [6.07, 6.45) is 5.33. The topological polar surface area (TPSA) is 38.0 Å². The summed E-state index contributed by atoms with van der Waals surface area (Å²) in [6, 6.07) is 0. The van der Waals surface area contributed by atoms with Crippen LogP contribution in [0.15, 0.2) is 18.0 Å². The molecule has 0 aliphatic carbocycles. The van der Waals surface area contributed by atoms with E-state index in [4.69, 9.17) is 0 Å². The summed E-state index contributed by atoms with van der Waals surface area (Å²) >= 11 is 0. The molecule has 0 amide bonds. The van der Waals surface area contributed by atoms with Crippen molar-refractivity contribution in [1.82, 2.24) is 9.78 Å². The Balaban J connectivity index is 2.79. The van der Waals surface area contributed by atoms with Crippen LogP contribution >= 0.6 is 0 Å². The Morgan fingerprint density at radius 2 is 2.46 bits per heavy atom. The molecule has 3 heteroatoms. The van der Waals surface area contributed by atoms with Gasteiger partial charge in [-0.2, -0.15) is 5.10 Å². The SMILES string of the molecule is CCn1cc(/C=C(/C)C(C)O)cn1. The second-order valence-corrected chi connectivity index (χ2v) is 3.19. The molecule has 0 saturated carbocycles. The molecular formula is C10H16N2O. The molecule has 3 nitrogen and oxygen atoms in total. The number of aliphatic hydroxyl groups excluding tert-OH is 1. The van der Waals surface area contributed by atoms with Crippen LogP contribution in [-0.2, 0) is 6.54 Å². The van der Waals surface area contributed by atoms with Crippen LogP contribution in [0.2, 0.25) is 0 Å². The molecule has 0 radical (unpaired) electrons. The highest BCUT2D eigenvalue weighted by molar-refractivity contribution is 5.51. The lowest BCUT2D eigenvalue weighted by atomic mass is 10.1. The van der Waals surface area contributed by atoms with Crippen LogP contribution in [-0.4, -0.2) is 21.0 Å². The molecule has 0 aromatic carbocycles. The van der Waals surface area contributed by atoms with Gasteiger partial charge in [-0.15, -0.1) is 0 Å². The van der Waals surface area contributed by atoms with Crippen LogP contribution in [0.1, 0.15) is 26.3 Å². The van der Waals surface area contributed by atoms with E-state index in [1.165, 1.54) is 0 Å². The van der Waals surface area contributed by atoms with E-state index < -0.39 is 0 Å². The van der Waals surface area contributed by atoms with E-state index in [0.717, 1.165) is 17.7 Å². The van der Waals surface area contributed by atoms with Gasteiger partial charge < -0.3 is 5.11 Å². The van der Waals surface area contributed by atoms with Gasteiger partial charge in [0.1, 0.15) is 0 Å². The van der Waals surface area contributed by atoms with Gasteiger partial charge in [0, 0.05) is 18.3 Å². The first-order chi connectivity index (χ1) is 6.13. The maximum atomic E-state index is 9.25. The van der Waals surface area contributed by atoms with Crippen molar-refractivity contribution in [2.45, 2.75) is 33.4 Å². The molecule has 0 fully saturated rings. The van der Waals surface area contributed by atoms with Crippen molar-refractivity contribution in [3.8, 4) is 0 Å². The Hall–Kier alpha value is -1.09. The summed E-state index contributed by atoms with van der Waals surface area (Å²) in [5.74, 6) is 0. The predicted octanol–water partition coefficient (Wildman–Crippen LogP) is 1.69. The van der Waals surface area contributed by atoms with Crippen LogP contribution in [0.5, 0.6) is 0 Å². The molecule has 1 aromatic heterocycles. The molecule has 0 saturated heterocycles. The average molecular weight is 180 g/mol. The number of hydrogen-bond donors (Lipinski definition) is 1. The molecule has 72 valence electrons. The lowest BCUT2D eigenvalue weighted by molar-refractivity contribution is 0.232. The van der Waals surface area contributed by atoms with Crippen molar-refractivity contribution < 1.29 is 5.11 Å². The van der Waals surface area contributed by atoms with Gasteiger partial charge in [0.25, 0.3) is 0 Å². The second kappa shape index (κ2) is 4.23. The predicted molar refractivity (Wildman–Crippen MR) is 53.2 cm³/mol. The molecule has 1 heterocycles. The maximum absolute atomic E-state index is 9.25. The Morgan fingerprint density at radius 3 is 2.92 bits per heavy atom. The molecule has 1 rings (SSSR count). The molecule has 1 unspecified atom stereocenters. The zero-order valence-electron chi connectivity index (χ0n) is 8.36. The number of aliphatic hydroxyl groups is 1. The van der Waals surface area contributed by atoms with Crippen molar-refractivity contribution in [1.29, 1.82) is 0 Å². The monoisotopic (exact) mass is 180 g/mol. The van der Waals surface area contributed by atoms with Crippen molar-refractivity contribution >= 4 is 6.08 Å². The summed E-state index contributed by atoms with van der Waals surface area (Å²) in [7, 11) is 0. The minimum Gasteiger partial charge on any atom is -0.389 e. The van der Waals surface area contributed by atoms with Gasteiger partial charge in [-0.3, -0.25) is 4.68 Å². The molecule has 1 aromatic rings.